The van der Waals surface area contributed by atoms with Gasteiger partial charge in [0, 0.05) is 25.8 Å². The van der Waals surface area contributed by atoms with Gasteiger partial charge in [-0.15, -0.1) is 0 Å². The van der Waals surface area contributed by atoms with Crippen LogP contribution >= 0.6 is 0 Å². The van der Waals surface area contributed by atoms with Gasteiger partial charge in [-0.2, -0.15) is 0 Å². The average molecular weight is 354 g/mol. The Morgan fingerprint density at radius 3 is 2.88 bits per heavy atom. The number of methoxy groups -OCH3 is 1. The number of hydrogen-bond donors (Lipinski definition) is 1. The van der Waals surface area contributed by atoms with Gasteiger partial charge in [-0.05, 0) is 37.3 Å². The van der Waals surface area contributed by atoms with Crippen LogP contribution in [0.5, 0.6) is 0 Å². The van der Waals surface area contributed by atoms with Crippen molar-refractivity contribution in [3.63, 3.8) is 0 Å². The predicted octanol–water partition coefficient (Wildman–Crippen LogP) is 1.91. The highest BCUT2D eigenvalue weighted by Crippen LogP contribution is 2.69. The van der Waals surface area contributed by atoms with E-state index in [1.165, 1.54) is 18.2 Å². The Morgan fingerprint density at radius 2 is 2.15 bits per heavy atom. The van der Waals surface area contributed by atoms with Crippen molar-refractivity contribution in [2.45, 2.75) is 36.9 Å². The second kappa shape index (κ2) is 5.11. The molecule has 1 aliphatic carbocycles. The Balaban J connectivity index is 1.88. The highest BCUT2D eigenvalue weighted by Gasteiger charge is 2.78. The lowest BCUT2D eigenvalue weighted by molar-refractivity contribution is -0.159. The van der Waals surface area contributed by atoms with Crippen LogP contribution in [0.1, 0.15) is 25.3 Å². The highest BCUT2D eigenvalue weighted by molar-refractivity contribution is 5.82. The molecule has 0 amide bonds. The first-order valence-electron chi connectivity index (χ1n) is 9.53. The summed E-state index contributed by atoms with van der Waals surface area (Å²) in [7, 11) is 3.57. The summed E-state index contributed by atoms with van der Waals surface area (Å²) in [6, 6.07) is 8.37. The van der Waals surface area contributed by atoms with E-state index in [0.717, 1.165) is 25.2 Å². The zero-order valence-electron chi connectivity index (χ0n) is 15.6. The van der Waals surface area contributed by atoms with E-state index in [9.17, 15) is 9.90 Å². The number of ether oxygens (including phenoxy) is 1. The van der Waals surface area contributed by atoms with E-state index in [1.807, 2.05) is 13.0 Å². The molecule has 1 aromatic carbocycles. The standard InChI is InChI=1S/C21H26N2O3/c1-4-13-12-23-10-9-20-15-7-5-6-8-16(15)22(2)21(20,23)17(24)11-14(13)18(20)19(25)26-3/h4-8,14,17-18,24H,9-12H2,1-3H3/b13-4-/t14-,17-,18-,20-,21?/m0/s1. The molecule has 0 radical (unpaired) electrons. The van der Waals surface area contributed by atoms with Crippen molar-refractivity contribution in [3.8, 4) is 0 Å². The maximum atomic E-state index is 13.1. The lowest BCUT2D eigenvalue weighted by atomic mass is 9.53. The molecule has 138 valence electrons. The van der Waals surface area contributed by atoms with Gasteiger partial charge in [-0.1, -0.05) is 29.8 Å². The lowest BCUT2D eigenvalue weighted by Crippen LogP contribution is -2.73. The van der Waals surface area contributed by atoms with E-state index in [2.05, 4.69) is 41.1 Å². The van der Waals surface area contributed by atoms with Crippen molar-refractivity contribution in [2.75, 3.05) is 32.1 Å². The minimum absolute atomic E-state index is 0.0282. The van der Waals surface area contributed by atoms with Gasteiger partial charge >= 0.3 is 5.97 Å². The van der Waals surface area contributed by atoms with Gasteiger partial charge in [0.05, 0.1) is 24.5 Å². The van der Waals surface area contributed by atoms with Crippen LogP contribution in [-0.4, -0.2) is 55.0 Å². The van der Waals surface area contributed by atoms with Crippen LogP contribution < -0.4 is 4.90 Å². The van der Waals surface area contributed by atoms with Gasteiger partial charge in [-0.25, -0.2) is 0 Å². The van der Waals surface area contributed by atoms with E-state index in [4.69, 9.17) is 4.74 Å². The van der Waals surface area contributed by atoms with E-state index >= 15 is 0 Å². The summed E-state index contributed by atoms with van der Waals surface area (Å²) < 4.78 is 5.34. The predicted molar refractivity (Wildman–Crippen MR) is 98.8 cm³/mol. The lowest BCUT2D eigenvalue weighted by Gasteiger charge is -2.56. The molecule has 1 saturated carbocycles. The zero-order chi connectivity index (χ0) is 18.3. The molecule has 3 saturated heterocycles. The second-order valence-corrected chi connectivity index (χ2v) is 8.17. The number of likely N-dealkylation sites (N-methyl/N-ethyl adjacent to an activating group) is 1. The fraction of sp³-hybridized carbons (Fsp3) is 0.571. The van der Waals surface area contributed by atoms with E-state index < -0.39 is 17.2 Å². The smallest absolute Gasteiger partial charge is 0.310 e. The monoisotopic (exact) mass is 354 g/mol. The normalized spacial score (nSPS) is 44.0. The van der Waals surface area contributed by atoms with Crippen LogP contribution in [0.15, 0.2) is 35.9 Å². The number of benzene rings is 1. The van der Waals surface area contributed by atoms with E-state index in [-0.39, 0.29) is 17.8 Å². The quantitative estimate of drug-likeness (QED) is 0.617. The van der Waals surface area contributed by atoms with Gasteiger partial charge in [0.1, 0.15) is 5.66 Å². The van der Waals surface area contributed by atoms with Crippen molar-refractivity contribution < 1.29 is 14.6 Å². The Labute approximate surface area is 154 Å². The molecule has 6 rings (SSSR count). The van der Waals surface area contributed by atoms with Crippen LogP contribution in [0, 0.1) is 11.8 Å². The molecule has 4 bridgehead atoms. The van der Waals surface area contributed by atoms with E-state index in [0.29, 0.717) is 6.42 Å². The molecular formula is C21H26N2O3. The van der Waals surface area contributed by atoms with Crippen molar-refractivity contribution in [1.82, 2.24) is 4.90 Å². The largest absolute Gasteiger partial charge is 0.469 e. The molecule has 1 spiro atoms. The third kappa shape index (κ3) is 1.47. The van der Waals surface area contributed by atoms with Gasteiger partial charge < -0.3 is 14.7 Å². The van der Waals surface area contributed by atoms with Crippen LogP contribution in [0.4, 0.5) is 5.69 Å². The molecule has 0 aromatic heterocycles. The third-order valence-electron chi connectivity index (χ3n) is 7.72. The summed E-state index contributed by atoms with van der Waals surface area (Å²) >= 11 is 0. The average Bonchev–Trinajstić information content (AvgIpc) is 3.03. The van der Waals surface area contributed by atoms with Crippen LogP contribution in [-0.2, 0) is 14.9 Å². The second-order valence-electron chi connectivity index (χ2n) is 8.17. The number of esters is 1. The van der Waals surface area contributed by atoms with Crippen molar-refractivity contribution in [1.29, 1.82) is 0 Å². The first kappa shape index (κ1) is 16.3. The Morgan fingerprint density at radius 1 is 1.38 bits per heavy atom. The maximum absolute atomic E-state index is 13.1. The van der Waals surface area contributed by atoms with Crippen LogP contribution in [0.2, 0.25) is 0 Å². The van der Waals surface area contributed by atoms with Crippen LogP contribution in [0.3, 0.4) is 0 Å². The molecule has 5 heteroatoms. The molecule has 1 aromatic rings. The number of carbonyl (C=O) groups is 1. The highest BCUT2D eigenvalue weighted by atomic mass is 16.5. The molecule has 4 fully saturated rings. The third-order valence-corrected chi connectivity index (χ3v) is 7.72. The molecule has 4 aliphatic heterocycles. The summed E-state index contributed by atoms with van der Waals surface area (Å²) in [5, 5.41) is 11.5. The number of anilines is 1. The Kier molecular flexibility index (Phi) is 3.21. The molecule has 1 N–H and O–H groups in total. The molecule has 2 unspecified atom stereocenters. The first-order valence-corrected chi connectivity index (χ1v) is 9.53. The molecule has 26 heavy (non-hydrogen) atoms. The SMILES string of the molecule is C/C=C1/CN2CC[C@@]34c5ccccc5N(C)C23[C@@H](O)C[C@@H]1[C@H]4C(=O)OC. The summed E-state index contributed by atoms with van der Waals surface area (Å²) in [4.78, 5) is 17.8. The van der Waals surface area contributed by atoms with Crippen LogP contribution in [0.25, 0.3) is 0 Å². The fourth-order valence-electron chi connectivity index (χ4n) is 6.99. The van der Waals surface area contributed by atoms with Gasteiger partial charge in [-0.3, -0.25) is 9.69 Å². The Bertz CT molecular complexity index is 821. The number of hydrogen-bond acceptors (Lipinski definition) is 5. The number of nitrogens with zero attached hydrogens (tertiary/aromatic N) is 2. The number of rotatable bonds is 1. The number of allylic oxidation sites excluding steroid dienone is 1. The van der Waals surface area contributed by atoms with Gasteiger partial charge in [0.25, 0.3) is 0 Å². The minimum atomic E-state index is -0.573. The summed E-state index contributed by atoms with van der Waals surface area (Å²) in [5.41, 5.74) is 2.59. The van der Waals surface area contributed by atoms with Gasteiger partial charge in [0.15, 0.2) is 0 Å². The molecule has 5 aliphatic rings. The number of para-hydroxylation sites is 1. The summed E-state index contributed by atoms with van der Waals surface area (Å²) in [5.74, 6) is -0.374. The van der Waals surface area contributed by atoms with Crippen molar-refractivity contribution in [3.05, 3.63) is 41.5 Å². The first-order chi connectivity index (χ1) is 12.5. The fourth-order valence-corrected chi connectivity index (χ4v) is 6.99. The molecular weight excluding hydrogens is 328 g/mol. The minimum Gasteiger partial charge on any atom is -0.469 e. The number of aliphatic hydroxyl groups excluding tert-OH is 1. The van der Waals surface area contributed by atoms with E-state index in [1.54, 1.807) is 0 Å². The zero-order valence-corrected chi connectivity index (χ0v) is 15.6. The van der Waals surface area contributed by atoms with Crippen molar-refractivity contribution >= 4 is 11.7 Å². The number of fused-ring (bicyclic) bond motifs is 3. The molecule has 6 atom stereocenters. The molecule has 5 nitrogen and oxygen atoms in total. The van der Waals surface area contributed by atoms with Crippen molar-refractivity contribution in [2.24, 2.45) is 11.8 Å². The molecule has 4 heterocycles. The topological polar surface area (TPSA) is 53.0 Å². The maximum Gasteiger partial charge on any atom is 0.310 e. The van der Waals surface area contributed by atoms with Gasteiger partial charge in [0.2, 0.25) is 0 Å². The number of aliphatic hydroxyl groups is 1. The number of carbonyl (C=O) groups excluding carboxylic acids is 1. The summed E-state index contributed by atoms with van der Waals surface area (Å²) in [6.07, 6.45) is 3.12. The summed E-state index contributed by atoms with van der Waals surface area (Å²) in [6.45, 7) is 3.74. The Hall–Kier alpha value is -1.85.